The Kier molecular flexibility index (Phi) is 6.95. The summed E-state index contributed by atoms with van der Waals surface area (Å²) in [7, 11) is 1.44. The van der Waals surface area contributed by atoms with Crippen molar-refractivity contribution in [3.05, 3.63) is 46.5 Å². The molecule has 35 heavy (non-hydrogen) atoms. The number of hydrogen-bond donors (Lipinski definition) is 2. The number of alkyl halides is 2. The lowest BCUT2D eigenvalue weighted by molar-refractivity contribution is -0.146. The number of hydrogen-bond acceptors (Lipinski definition) is 6. The molecular formula is C22H24F3N7O3. The molecule has 2 atom stereocenters. The van der Waals surface area contributed by atoms with E-state index in [1.165, 1.54) is 28.8 Å². The standard InChI is InChI=1S/C22H24F3N7O3/c1-12-5-18-16(11-31(12)22(34)28-14-3-4-17(23)13(6-14)7-26)20-21(33)30(2)35-15(10-32(20)29-18)8-27-9-19(24)25/h3-4,6,12,15,19,27H,5,8-11H2,1-2H3,(H,28,34)/t12-,15?/m1/s1. The molecule has 0 aliphatic carbocycles. The highest BCUT2D eigenvalue weighted by Crippen LogP contribution is 2.29. The highest BCUT2D eigenvalue weighted by molar-refractivity contribution is 5.94. The third kappa shape index (κ3) is 5.08. The van der Waals surface area contributed by atoms with Crippen LogP contribution in [0.1, 0.15) is 34.2 Å². The number of fused-ring (bicyclic) bond motifs is 3. The molecule has 0 spiro atoms. The van der Waals surface area contributed by atoms with E-state index in [1.807, 2.05) is 6.92 Å². The highest BCUT2D eigenvalue weighted by Gasteiger charge is 2.37. The maximum absolute atomic E-state index is 13.6. The van der Waals surface area contributed by atoms with Crippen molar-refractivity contribution in [3.63, 3.8) is 0 Å². The normalized spacial score (nSPS) is 19.7. The summed E-state index contributed by atoms with van der Waals surface area (Å²) < 4.78 is 40.1. The van der Waals surface area contributed by atoms with Crippen LogP contribution in [0, 0.1) is 17.1 Å². The Morgan fingerprint density at radius 3 is 2.89 bits per heavy atom. The number of carbonyl (C=O) groups is 2. The first kappa shape index (κ1) is 24.5. The molecular weight excluding hydrogens is 467 g/mol. The van der Waals surface area contributed by atoms with E-state index < -0.39 is 36.8 Å². The average Bonchev–Trinajstić information content (AvgIpc) is 3.09. The number of aromatic nitrogens is 2. The van der Waals surface area contributed by atoms with E-state index in [0.717, 1.165) is 11.1 Å². The van der Waals surface area contributed by atoms with Gasteiger partial charge in [-0.25, -0.2) is 23.0 Å². The van der Waals surface area contributed by atoms with Crippen molar-refractivity contribution in [2.75, 3.05) is 25.5 Å². The second-order valence-electron chi connectivity index (χ2n) is 8.45. The van der Waals surface area contributed by atoms with E-state index in [4.69, 9.17) is 10.1 Å². The lowest BCUT2D eigenvalue weighted by Crippen LogP contribution is -2.45. The van der Waals surface area contributed by atoms with Crippen LogP contribution in [-0.4, -0.2) is 70.4 Å². The number of urea groups is 1. The summed E-state index contributed by atoms with van der Waals surface area (Å²) in [4.78, 5) is 33.2. The molecule has 4 rings (SSSR count). The zero-order valence-electron chi connectivity index (χ0n) is 19.1. The summed E-state index contributed by atoms with van der Waals surface area (Å²) >= 11 is 0. The number of rotatable bonds is 5. The fourth-order valence-electron chi connectivity index (χ4n) is 4.22. The van der Waals surface area contributed by atoms with Gasteiger partial charge in [-0.05, 0) is 25.1 Å². The van der Waals surface area contributed by atoms with Crippen LogP contribution < -0.4 is 10.6 Å². The lowest BCUT2D eigenvalue weighted by atomic mass is 9.99. The molecule has 3 heterocycles. The van der Waals surface area contributed by atoms with Gasteiger partial charge in [0.15, 0.2) is 0 Å². The van der Waals surface area contributed by atoms with E-state index in [-0.39, 0.29) is 42.6 Å². The van der Waals surface area contributed by atoms with Crippen molar-refractivity contribution in [3.8, 4) is 6.07 Å². The first-order valence-corrected chi connectivity index (χ1v) is 11.0. The Bertz CT molecular complexity index is 1180. The van der Waals surface area contributed by atoms with Gasteiger partial charge in [-0.3, -0.25) is 14.3 Å². The number of nitrogens with zero attached hydrogens (tertiary/aromatic N) is 5. The van der Waals surface area contributed by atoms with Gasteiger partial charge < -0.3 is 15.5 Å². The van der Waals surface area contributed by atoms with E-state index >= 15 is 0 Å². The number of hydroxylamine groups is 2. The van der Waals surface area contributed by atoms with Crippen LogP contribution in [-0.2, 0) is 24.3 Å². The molecule has 186 valence electrons. The smallest absolute Gasteiger partial charge is 0.317 e. The second-order valence-corrected chi connectivity index (χ2v) is 8.45. The molecule has 0 fully saturated rings. The number of nitriles is 1. The van der Waals surface area contributed by atoms with Crippen molar-refractivity contribution in [2.45, 2.75) is 45.0 Å². The summed E-state index contributed by atoms with van der Waals surface area (Å²) in [6.45, 7) is 1.71. The number of anilines is 1. The van der Waals surface area contributed by atoms with Gasteiger partial charge in [-0.15, -0.1) is 0 Å². The van der Waals surface area contributed by atoms with Crippen molar-refractivity contribution in [1.82, 2.24) is 25.1 Å². The molecule has 3 amide bonds. The molecule has 1 aromatic heterocycles. The quantitative estimate of drug-likeness (QED) is 0.662. The highest BCUT2D eigenvalue weighted by atomic mass is 19.3. The molecule has 0 radical (unpaired) electrons. The van der Waals surface area contributed by atoms with Gasteiger partial charge in [0.1, 0.15) is 23.7 Å². The predicted molar refractivity (Wildman–Crippen MR) is 117 cm³/mol. The molecule has 2 aliphatic rings. The van der Waals surface area contributed by atoms with Crippen LogP contribution in [0.25, 0.3) is 0 Å². The summed E-state index contributed by atoms with van der Waals surface area (Å²) in [6.07, 6.45) is -2.72. The summed E-state index contributed by atoms with van der Waals surface area (Å²) in [5.74, 6) is -1.14. The van der Waals surface area contributed by atoms with Crippen molar-refractivity contribution >= 4 is 17.6 Å². The number of nitrogens with one attached hydrogen (secondary N) is 2. The van der Waals surface area contributed by atoms with Gasteiger partial charge in [0.2, 0.25) is 0 Å². The Morgan fingerprint density at radius 1 is 1.40 bits per heavy atom. The molecule has 0 saturated carbocycles. The van der Waals surface area contributed by atoms with Crippen molar-refractivity contribution < 1.29 is 27.6 Å². The molecule has 1 unspecified atom stereocenters. The second kappa shape index (κ2) is 9.93. The first-order chi connectivity index (χ1) is 16.7. The van der Waals surface area contributed by atoms with Gasteiger partial charge in [-0.1, -0.05) is 0 Å². The summed E-state index contributed by atoms with van der Waals surface area (Å²) in [6, 6.07) is 4.71. The Morgan fingerprint density at radius 2 is 2.17 bits per heavy atom. The van der Waals surface area contributed by atoms with E-state index in [0.29, 0.717) is 17.7 Å². The third-order valence-corrected chi connectivity index (χ3v) is 5.92. The van der Waals surface area contributed by atoms with Gasteiger partial charge >= 0.3 is 6.03 Å². The van der Waals surface area contributed by atoms with Crippen LogP contribution in [0.4, 0.5) is 23.7 Å². The van der Waals surface area contributed by atoms with Crippen LogP contribution in [0.2, 0.25) is 0 Å². The molecule has 10 nitrogen and oxygen atoms in total. The maximum atomic E-state index is 13.6. The van der Waals surface area contributed by atoms with E-state index in [9.17, 15) is 22.8 Å². The van der Waals surface area contributed by atoms with Crippen LogP contribution >= 0.6 is 0 Å². The largest absolute Gasteiger partial charge is 0.322 e. The minimum absolute atomic E-state index is 0.0951. The minimum Gasteiger partial charge on any atom is -0.317 e. The van der Waals surface area contributed by atoms with Gasteiger partial charge in [-0.2, -0.15) is 10.4 Å². The van der Waals surface area contributed by atoms with E-state index in [1.54, 1.807) is 6.07 Å². The van der Waals surface area contributed by atoms with Crippen LogP contribution in [0.15, 0.2) is 18.2 Å². The van der Waals surface area contributed by atoms with Crippen LogP contribution in [0.3, 0.4) is 0 Å². The fraction of sp³-hybridized carbons (Fsp3) is 0.455. The molecule has 13 heteroatoms. The van der Waals surface area contributed by atoms with Gasteiger partial charge in [0.25, 0.3) is 12.3 Å². The Balaban J connectivity index is 1.55. The van der Waals surface area contributed by atoms with Gasteiger partial charge in [0.05, 0.1) is 30.9 Å². The maximum Gasteiger partial charge on any atom is 0.322 e. The van der Waals surface area contributed by atoms with Crippen molar-refractivity contribution in [1.29, 1.82) is 5.26 Å². The summed E-state index contributed by atoms with van der Waals surface area (Å²) in [5.41, 5.74) is 1.61. The van der Waals surface area contributed by atoms with E-state index in [2.05, 4.69) is 15.7 Å². The predicted octanol–water partition coefficient (Wildman–Crippen LogP) is 2.11. The number of carbonyl (C=O) groups excluding carboxylic acids is 2. The van der Waals surface area contributed by atoms with Crippen LogP contribution in [0.5, 0.6) is 0 Å². The van der Waals surface area contributed by atoms with Crippen molar-refractivity contribution in [2.24, 2.45) is 0 Å². The average molecular weight is 491 g/mol. The zero-order chi connectivity index (χ0) is 25.3. The molecule has 2 N–H and O–H groups in total. The molecule has 2 aliphatic heterocycles. The molecule has 2 aromatic rings. The zero-order valence-corrected chi connectivity index (χ0v) is 19.1. The third-order valence-electron chi connectivity index (χ3n) is 5.92. The SMILES string of the molecule is C[C@@H]1Cc2nn3c(c2CN1C(=O)Nc1ccc(F)c(C#N)c1)C(=O)N(C)OC(CNCC(F)F)C3. The summed E-state index contributed by atoms with van der Waals surface area (Å²) in [5, 5.41) is 19.9. The first-order valence-electron chi connectivity index (χ1n) is 11.0. The topological polar surface area (TPSA) is 116 Å². The van der Waals surface area contributed by atoms with Gasteiger partial charge in [0, 0.05) is 37.3 Å². The number of benzene rings is 1. The fourth-order valence-corrected chi connectivity index (χ4v) is 4.22. The monoisotopic (exact) mass is 491 g/mol. The molecule has 0 bridgehead atoms. The Labute approximate surface area is 199 Å². The Hall–Kier alpha value is -3.63. The number of amides is 3. The number of halogens is 3. The minimum atomic E-state index is -2.51. The molecule has 0 saturated heterocycles. The lowest BCUT2D eigenvalue weighted by Gasteiger charge is -2.33. The molecule has 1 aromatic carbocycles.